The molecule has 0 bridgehead atoms. The monoisotopic (exact) mass is 302 g/mol. The van der Waals surface area contributed by atoms with E-state index in [1.54, 1.807) is 6.07 Å². The third kappa shape index (κ3) is 3.99. The van der Waals surface area contributed by atoms with Gasteiger partial charge in [0.2, 0.25) is 5.91 Å². The van der Waals surface area contributed by atoms with Crippen molar-refractivity contribution in [3.63, 3.8) is 0 Å². The van der Waals surface area contributed by atoms with E-state index in [4.69, 9.17) is 17.3 Å². The van der Waals surface area contributed by atoms with Crippen LogP contribution in [0.4, 0.5) is 5.69 Å². The topological polar surface area (TPSA) is 55.1 Å². The van der Waals surface area contributed by atoms with Gasteiger partial charge in [-0.1, -0.05) is 54.1 Å². The van der Waals surface area contributed by atoms with Crippen LogP contribution >= 0.6 is 11.6 Å². The predicted molar refractivity (Wildman–Crippen MR) is 87.4 cm³/mol. The van der Waals surface area contributed by atoms with Gasteiger partial charge in [-0.05, 0) is 37.5 Å². The molecule has 21 heavy (non-hydrogen) atoms. The quantitative estimate of drug-likeness (QED) is 0.856. The summed E-state index contributed by atoms with van der Waals surface area (Å²) in [6.45, 7) is 1.81. The normalized spacial score (nSPS) is 13.4. The number of primary amides is 1. The molecule has 0 heterocycles. The molecular weight excluding hydrogens is 284 g/mol. The lowest BCUT2D eigenvalue weighted by Crippen LogP contribution is -2.48. The summed E-state index contributed by atoms with van der Waals surface area (Å²) >= 11 is 6.14. The Labute approximate surface area is 130 Å². The third-order valence-corrected chi connectivity index (χ3v) is 3.91. The SMILES string of the molecule is CC(CCc1ccccc1)(Nc1ccccc1Cl)C(N)=O. The Morgan fingerprint density at radius 2 is 1.76 bits per heavy atom. The minimum atomic E-state index is -0.846. The Hall–Kier alpha value is -2.00. The molecule has 0 aliphatic carbocycles. The van der Waals surface area contributed by atoms with Gasteiger partial charge in [-0.15, -0.1) is 0 Å². The highest BCUT2D eigenvalue weighted by molar-refractivity contribution is 6.33. The molecule has 3 nitrogen and oxygen atoms in total. The predicted octanol–water partition coefficient (Wildman–Crippen LogP) is 3.63. The van der Waals surface area contributed by atoms with Crippen LogP contribution in [0.15, 0.2) is 54.6 Å². The van der Waals surface area contributed by atoms with Crippen molar-refractivity contribution < 1.29 is 4.79 Å². The van der Waals surface area contributed by atoms with E-state index in [1.165, 1.54) is 5.56 Å². The zero-order valence-electron chi connectivity index (χ0n) is 12.0. The molecule has 0 aliphatic heterocycles. The minimum absolute atomic E-state index is 0.390. The van der Waals surface area contributed by atoms with Crippen molar-refractivity contribution in [3.05, 3.63) is 65.2 Å². The van der Waals surface area contributed by atoms with Crippen molar-refractivity contribution in [3.8, 4) is 0 Å². The average Bonchev–Trinajstić information content (AvgIpc) is 2.48. The number of benzene rings is 2. The van der Waals surface area contributed by atoms with Gasteiger partial charge in [0.25, 0.3) is 0 Å². The molecule has 3 N–H and O–H groups in total. The summed E-state index contributed by atoms with van der Waals surface area (Å²) in [5, 5.41) is 3.76. The minimum Gasteiger partial charge on any atom is -0.370 e. The van der Waals surface area contributed by atoms with Crippen LogP contribution in [0.1, 0.15) is 18.9 Å². The molecule has 4 heteroatoms. The molecule has 110 valence electrons. The first-order chi connectivity index (χ1) is 10.0. The third-order valence-electron chi connectivity index (χ3n) is 3.58. The molecule has 0 saturated heterocycles. The van der Waals surface area contributed by atoms with Gasteiger partial charge in [0.05, 0.1) is 10.7 Å². The molecule has 0 radical (unpaired) electrons. The van der Waals surface area contributed by atoms with Gasteiger partial charge < -0.3 is 11.1 Å². The fourth-order valence-electron chi connectivity index (χ4n) is 2.15. The number of hydrogen-bond donors (Lipinski definition) is 2. The summed E-state index contributed by atoms with van der Waals surface area (Å²) in [4.78, 5) is 11.9. The standard InChI is InChI=1S/C17H19ClN2O/c1-17(16(19)21,12-11-13-7-3-2-4-8-13)20-15-10-6-5-9-14(15)18/h2-10,20H,11-12H2,1H3,(H2,19,21). The lowest BCUT2D eigenvalue weighted by Gasteiger charge is -2.29. The van der Waals surface area contributed by atoms with E-state index in [2.05, 4.69) is 5.32 Å². The number of nitrogens with two attached hydrogens (primary N) is 1. The fourth-order valence-corrected chi connectivity index (χ4v) is 2.33. The van der Waals surface area contributed by atoms with E-state index >= 15 is 0 Å². The first-order valence-corrected chi connectivity index (χ1v) is 7.25. The van der Waals surface area contributed by atoms with Crippen molar-refractivity contribution in [1.29, 1.82) is 0 Å². The molecule has 0 spiro atoms. The van der Waals surface area contributed by atoms with Gasteiger partial charge in [-0.3, -0.25) is 4.79 Å². The van der Waals surface area contributed by atoms with Gasteiger partial charge in [-0.25, -0.2) is 0 Å². The van der Waals surface area contributed by atoms with Gasteiger partial charge in [0, 0.05) is 0 Å². The molecule has 1 atom stereocenters. The number of halogens is 1. The number of aryl methyl sites for hydroxylation is 1. The maximum Gasteiger partial charge on any atom is 0.242 e. The number of hydrogen-bond acceptors (Lipinski definition) is 2. The molecule has 1 amide bonds. The first kappa shape index (κ1) is 15.4. The Kier molecular flexibility index (Phi) is 4.86. The zero-order valence-corrected chi connectivity index (χ0v) is 12.7. The second-order valence-corrected chi connectivity index (χ2v) is 5.69. The summed E-state index contributed by atoms with van der Waals surface area (Å²) in [5.41, 5.74) is 6.63. The number of anilines is 1. The van der Waals surface area contributed by atoms with Crippen LogP contribution in [-0.4, -0.2) is 11.4 Å². The molecule has 2 aromatic rings. The summed E-state index contributed by atoms with van der Waals surface area (Å²) in [7, 11) is 0. The highest BCUT2D eigenvalue weighted by Crippen LogP contribution is 2.26. The Morgan fingerprint density at radius 3 is 2.38 bits per heavy atom. The largest absolute Gasteiger partial charge is 0.370 e. The van der Waals surface area contributed by atoms with Crippen molar-refractivity contribution in [1.82, 2.24) is 0 Å². The van der Waals surface area contributed by atoms with E-state index < -0.39 is 11.4 Å². The van der Waals surface area contributed by atoms with Crippen molar-refractivity contribution in [2.45, 2.75) is 25.3 Å². The molecule has 0 aliphatic rings. The number of para-hydroxylation sites is 1. The number of rotatable bonds is 6. The molecule has 0 aromatic heterocycles. The highest BCUT2D eigenvalue weighted by atomic mass is 35.5. The highest BCUT2D eigenvalue weighted by Gasteiger charge is 2.31. The van der Waals surface area contributed by atoms with Crippen LogP contribution < -0.4 is 11.1 Å². The van der Waals surface area contributed by atoms with Crippen molar-refractivity contribution in [2.24, 2.45) is 5.73 Å². The fraction of sp³-hybridized carbons (Fsp3) is 0.235. The van der Waals surface area contributed by atoms with Gasteiger partial charge in [0.1, 0.15) is 5.54 Å². The Bertz CT molecular complexity index is 615. The lowest BCUT2D eigenvalue weighted by molar-refractivity contribution is -0.122. The summed E-state index contributed by atoms with van der Waals surface area (Å²) in [6.07, 6.45) is 1.36. The van der Waals surface area contributed by atoms with E-state index in [9.17, 15) is 4.79 Å². The smallest absolute Gasteiger partial charge is 0.242 e. The number of nitrogens with one attached hydrogen (secondary N) is 1. The zero-order chi connectivity index (χ0) is 15.3. The molecular formula is C17H19ClN2O. The first-order valence-electron chi connectivity index (χ1n) is 6.88. The summed E-state index contributed by atoms with van der Waals surface area (Å²) < 4.78 is 0. The van der Waals surface area contributed by atoms with E-state index in [0.29, 0.717) is 17.1 Å². The summed E-state index contributed by atoms with van der Waals surface area (Å²) in [5.74, 6) is -0.390. The molecule has 2 rings (SSSR count). The van der Waals surface area contributed by atoms with Crippen LogP contribution in [-0.2, 0) is 11.2 Å². The molecule has 1 unspecified atom stereocenters. The van der Waals surface area contributed by atoms with Crippen LogP contribution in [0.3, 0.4) is 0 Å². The van der Waals surface area contributed by atoms with Crippen LogP contribution in [0.5, 0.6) is 0 Å². The second-order valence-electron chi connectivity index (χ2n) is 5.29. The van der Waals surface area contributed by atoms with E-state index in [0.717, 1.165) is 6.42 Å². The number of carbonyl (C=O) groups is 1. The average molecular weight is 303 g/mol. The van der Waals surface area contributed by atoms with Crippen LogP contribution in [0, 0.1) is 0 Å². The van der Waals surface area contributed by atoms with Crippen LogP contribution in [0.2, 0.25) is 5.02 Å². The van der Waals surface area contributed by atoms with Crippen molar-refractivity contribution in [2.75, 3.05) is 5.32 Å². The maximum atomic E-state index is 11.9. The van der Waals surface area contributed by atoms with E-state index in [1.807, 2.05) is 55.5 Å². The number of carbonyl (C=O) groups excluding carboxylic acids is 1. The Morgan fingerprint density at radius 1 is 1.14 bits per heavy atom. The molecule has 2 aromatic carbocycles. The maximum absolute atomic E-state index is 11.9. The second kappa shape index (κ2) is 6.64. The van der Waals surface area contributed by atoms with Crippen LogP contribution in [0.25, 0.3) is 0 Å². The number of amides is 1. The molecule has 0 saturated carbocycles. The van der Waals surface area contributed by atoms with Crippen molar-refractivity contribution >= 4 is 23.2 Å². The van der Waals surface area contributed by atoms with Gasteiger partial charge in [0.15, 0.2) is 0 Å². The summed E-state index contributed by atoms with van der Waals surface area (Å²) in [6, 6.07) is 17.4. The Balaban J connectivity index is 2.13. The molecule has 0 fully saturated rings. The van der Waals surface area contributed by atoms with E-state index in [-0.39, 0.29) is 0 Å². The van der Waals surface area contributed by atoms with Gasteiger partial charge >= 0.3 is 0 Å². The van der Waals surface area contributed by atoms with Gasteiger partial charge in [-0.2, -0.15) is 0 Å². The lowest BCUT2D eigenvalue weighted by atomic mass is 9.92.